The van der Waals surface area contributed by atoms with Gasteiger partial charge < -0.3 is 10.1 Å². The molecule has 1 heterocycles. The van der Waals surface area contributed by atoms with Crippen molar-refractivity contribution in [1.29, 1.82) is 0 Å². The minimum Gasteiger partial charge on any atom is -0.448 e. The Kier molecular flexibility index (Phi) is 4.82. The summed E-state index contributed by atoms with van der Waals surface area (Å²) in [7, 11) is 0. The summed E-state index contributed by atoms with van der Waals surface area (Å²) in [4.78, 5) is 14.5. The normalized spacial score (nSPS) is 10.2. The van der Waals surface area contributed by atoms with E-state index in [0.717, 1.165) is 18.3 Å². The number of nitrogens with zero attached hydrogens (tertiary/aromatic N) is 2. The number of pyridine rings is 1. The summed E-state index contributed by atoms with van der Waals surface area (Å²) in [6.45, 7) is 2.66. The quantitative estimate of drug-likeness (QED) is 0.645. The topological polar surface area (TPSA) is 77.3 Å². The maximum absolute atomic E-state index is 11.0. The van der Waals surface area contributed by atoms with Crippen molar-refractivity contribution < 1.29 is 9.66 Å². The van der Waals surface area contributed by atoms with Gasteiger partial charge in [0, 0.05) is 24.7 Å². The van der Waals surface area contributed by atoms with Crippen LogP contribution < -0.4 is 10.1 Å². The number of nitro benzene ring substituents is 1. The van der Waals surface area contributed by atoms with E-state index in [1.807, 2.05) is 6.92 Å². The van der Waals surface area contributed by atoms with E-state index >= 15 is 0 Å². The largest absolute Gasteiger partial charge is 0.448 e. The van der Waals surface area contributed by atoms with Crippen molar-refractivity contribution in [2.75, 3.05) is 11.9 Å². The van der Waals surface area contributed by atoms with Crippen LogP contribution in [0.5, 0.6) is 11.5 Å². The average molecular weight is 328 g/mol. The summed E-state index contributed by atoms with van der Waals surface area (Å²) in [5.41, 5.74) is 0.482. The summed E-state index contributed by atoms with van der Waals surface area (Å²) in [6, 6.07) is 4.14. The Labute approximate surface area is 130 Å². The van der Waals surface area contributed by atoms with E-state index in [1.54, 1.807) is 12.3 Å². The van der Waals surface area contributed by atoms with Crippen LogP contribution in [0.2, 0.25) is 10.0 Å². The molecule has 21 heavy (non-hydrogen) atoms. The fraction of sp³-hybridized carbons (Fsp3) is 0.154. The number of nitro groups is 1. The second-order valence-electron chi connectivity index (χ2n) is 4.03. The Morgan fingerprint density at radius 2 is 2.00 bits per heavy atom. The second-order valence-corrected chi connectivity index (χ2v) is 4.85. The summed E-state index contributed by atoms with van der Waals surface area (Å²) in [6.07, 6.45) is 3.08. The molecule has 0 unspecified atom stereocenters. The summed E-state index contributed by atoms with van der Waals surface area (Å²) < 4.78 is 5.51. The number of hydrogen-bond donors (Lipinski definition) is 1. The standard InChI is InChI=1S/C13H11Cl2N3O3/c1-2-17-8-3-9(7-16-6-8)21-13-5-11(15)10(14)4-12(13)18(19)20/h3-7,17H,2H2,1H3. The van der Waals surface area contributed by atoms with Gasteiger partial charge >= 0.3 is 5.69 Å². The van der Waals surface area contributed by atoms with Crippen LogP contribution in [-0.2, 0) is 0 Å². The highest BCUT2D eigenvalue weighted by molar-refractivity contribution is 6.42. The molecule has 0 saturated carbocycles. The van der Waals surface area contributed by atoms with Gasteiger partial charge in [-0.2, -0.15) is 0 Å². The predicted molar refractivity (Wildman–Crippen MR) is 81.6 cm³/mol. The van der Waals surface area contributed by atoms with Gasteiger partial charge in [-0.05, 0) is 6.92 Å². The molecule has 6 nitrogen and oxygen atoms in total. The maximum atomic E-state index is 11.0. The third kappa shape index (κ3) is 3.74. The van der Waals surface area contributed by atoms with Crippen molar-refractivity contribution in [3.8, 4) is 11.5 Å². The van der Waals surface area contributed by atoms with Gasteiger partial charge in [0.1, 0.15) is 5.75 Å². The minimum absolute atomic E-state index is 0.00449. The average Bonchev–Trinajstić information content (AvgIpc) is 2.43. The van der Waals surface area contributed by atoms with Gasteiger partial charge in [0.15, 0.2) is 0 Å². The van der Waals surface area contributed by atoms with Gasteiger partial charge in [0.05, 0.1) is 33.0 Å². The van der Waals surface area contributed by atoms with E-state index in [-0.39, 0.29) is 21.5 Å². The molecule has 1 aromatic heterocycles. The molecular weight excluding hydrogens is 317 g/mol. The molecule has 0 spiro atoms. The number of rotatable bonds is 5. The van der Waals surface area contributed by atoms with E-state index < -0.39 is 4.92 Å². The molecule has 8 heteroatoms. The summed E-state index contributed by atoms with van der Waals surface area (Å²) >= 11 is 11.7. The highest BCUT2D eigenvalue weighted by atomic mass is 35.5. The Hall–Kier alpha value is -2.05. The second kappa shape index (κ2) is 6.60. The zero-order valence-electron chi connectivity index (χ0n) is 11.0. The molecule has 0 aliphatic carbocycles. The first-order valence-corrected chi connectivity index (χ1v) is 6.77. The number of aromatic nitrogens is 1. The first kappa shape index (κ1) is 15.3. The van der Waals surface area contributed by atoms with E-state index in [1.165, 1.54) is 12.3 Å². The number of hydrogen-bond acceptors (Lipinski definition) is 5. The smallest absolute Gasteiger partial charge is 0.313 e. The number of benzene rings is 1. The lowest BCUT2D eigenvalue weighted by Crippen LogP contribution is -1.98. The van der Waals surface area contributed by atoms with Crippen molar-refractivity contribution in [3.63, 3.8) is 0 Å². The Morgan fingerprint density at radius 3 is 2.67 bits per heavy atom. The van der Waals surface area contributed by atoms with Crippen LogP contribution in [0, 0.1) is 10.1 Å². The van der Waals surface area contributed by atoms with Crippen molar-refractivity contribution in [3.05, 3.63) is 50.8 Å². The lowest BCUT2D eigenvalue weighted by molar-refractivity contribution is -0.385. The van der Waals surface area contributed by atoms with Crippen molar-refractivity contribution >= 4 is 34.6 Å². The molecule has 2 rings (SSSR count). The third-order valence-corrected chi connectivity index (χ3v) is 3.24. The van der Waals surface area contributed by atoms with Gasteiger partial charge in [-0.15, -0.1) is 0 Å². The first-order chi connectivity index (χ1) is 10.0. The monoisotopic (exact) mass is 327 g/mol. The molecule has 110 valence electrons. The van der Waals surface area contributed by atoms with E-state index in [0.29, 0.717) is 5.75 Å². The van der Waals surface area contributed by atoms with Crippen LogP contribution in [0.4, 0.5) is 11.4 Å². The molecule has 0 atom stereocenters. The highest BCUT2D eigenvalue weighted by Gasteiger charge is 2.19. The molecule has 1 N–H and O–H groups in total. The molecule has 2 aromatic rings. The molecule has 0 aliphatic heterocycles. The molecule has 0 amide bonds. The lowest BCUT2D eigenvalue weighted by Gasteiger charge is -2.09. The fourth-order valence-electron chi connectivity index (χ4n) is 1.64. The molecule has 0 fully saturated rings. The van der Waals surface area contributed by atoms with E-state index in [4.69, 9.17) is 27.9 Å². The lowest BCUT2D eigenvalue weighted by atomic mass is 10.3. The molecule has 0 radical (unpaired) electrons. The van der Waals surface area contributed by atoms with Crippen LogP contribution in [0.1, 0.15) is 6.92 Å². The van der Waals surface area contributed by atoms with Gasteiger partial charge in [-0.3, -0.25) is 15.1 Å². The van der Waals surface area contributed by atoms with Crippen LogP contribution >= 0.6 is 23.2 Å². The SMILES string of the molecule is CCNc1cncc(Oc2cc(Cl)c(Cl)cc2[N+](=O)[O-])c1. The maximum Gasteiger partial charge on any atom is 0.313 e. The van der Waals surface area contributed by atoms with E-state index in [9.17, 15) is 10.1 Å². The van der Waals surface area contributed by atoms with Crippen molar-refractivity contribution in [1.82, 2.24) is 4.98 Å². The number of ether oxygens (including phenoxy) is 1. The van der Waals surface area contributed by atoms with Crippen LogP contribution in [-0.4, -0.2) is 16.5 Å². The molecular formula is C13H11Cl2N3O3. The van der Waals surface area contributed by atoms with E-state index in [2.05, 4.69) is 10.3 Å². The van der Waals surface area contributed by atoms with Crippen LogP contribution in [0.15, 0.2) is 30.6 Å². The highest BCUT2D eigenvalue weighted by Crippen LogP contribution is 2.38. The van der Waals surface area contributed by atoms with Gasteiger partial charge in [-0.25, -0.2) is 0 Å². The Morgan fingerprint density at radius 1 is 1.29 bits per heavy atom. The summed E-state index contributed by atoms with van der Waals surface area (Å²) in [5, 5.41) is 14.4. The van der Waals surface area contributed by atoms with Crippen LogP contribution in [0.3, 0.4) is 0 Å². The third-order valence-electron chi connectivity index (χ3n) is 2.52. The minimum atomic E-state index is -0.584. The summed E-state index contributed by atoms with van der Waals surface area (Å²) in [5.74, 6) is 0.361. The molecule has 1 aromatic carbocycles. The van der Waals surface area contributed by atoms with Crippen LogP contribution in [0.25, 0.3) is 0 Å². The van der Waals surface area contributed by atoms with Crippen molar-refractivity contribution in [2.45, 2.75) is 6.92 Å². The zero-order valence-corrected chi connectivity index (χ0v) is 12.5. The molecule has 0 aliphatic rings. The first-order valence-electron chi connectivity index (χ1n) is 6.01. The number of halogens is 2. The van der Waals surface area contributed by atoms with Gasteiger partial charge in [0.2, 0.25) is 5.75 Å². The molecule has 0 bridgehead atoms. The fourth-order valence-corrected chi connectivity index (χ4v) is 1.96. The number of anilines is 1. The number of nitrogens with one attached hydrogen (secondary N) is 1. The Bertz CT molecular complexity index is 680. The molecule has 0 saturated heterocycles. The predicted octanol–water partition coefficient (Wildman–Crippen LogP) is 4.52. The van der Waals surface area contributed by atoms with Gasteiger partial charge in [0.25, 0.3) is 0 Å². The van der Waals surface area contributed by atoms with Gasteiger partial charge in [-0.1, -0.05) is 23.2 Å². The van der Waals surface area contributed by atoms with Crippen molar-refractivity contribution in [2.24, 2.45) is 0 Å². The zero-order chi connectivity index (χ0) is 15.4. The Balaban J connectivity index is 2.36.